The molecular weight excluding hydrogens is 372 g/mol. The number of fused-ring (bicyclic) bond motifs is 1. The van der Waals surface area contributed by atoms with E-state index in [0.29, 0.717) is 37.6 Å². The largest absolute Gasteiger partial charge is 0.338 e. The van der Waals surface area contributed by atoms with E-state index in [9.17, 15) is 9.59 Å². The van der Waals surface area contributed by atoms with Crippen LogP contribution in [0.25, 0.3) is 0 Å². The van der Waals surface area contributed by atoms with Gasteiger partial charge in [-0.1, -0.05) is 30.3 Å². The third-order valence-electron chi connectivity index (χ3n) is 5.39. The lowest BCUT2D eigenvalue weighted by Crippen LogP contribution is -2.51. The van der Waals surface area contributed by atoms with Gasteiger partial charge in [0.2, 0.25) is 5.91 Å². The molecule has 6 nitrogen and oxygen atoms in total. The molecular formula is C21H26N4O2S. The van der Waals surface area contributed by atoms with Crippen LogP contribution in [0.3, 0.4) is 0 Å². The fourth-order valence-electron chi connectivity index (χ4n) is 3.77. The Labute approximate surface area is 169 Å². The maximum absolute atomic E-state index is 12.8. The molecule has 0 aliphatic carbocycles. The summed E-state index contributed by atoms with van der Waals surface area (Å²) < 4.78 is 1.97. The zero-order valence-electron chi connectivity index (χ0n) is 16.0. The van der Waals surface area contributed by atoms with Crippen LogP contribution in [0.4, 0.5) is 0 Å². The molecule has 0 bridgehead atoms. The summed E-state index contributed by atoms with van der Waals surface area (Å²) in [5, 5.41) is 4.49. The van der Waals surface area contributed by atoms with E-state index in [-0.39, 0.29) is 11.8 Å². The summed E-state index contributed by atoms with van der Waals surface area (Å²) in [6, 6.07) is 12.1. The number of hydrogen-bond donors (Lipinski definition) is 0. The molecule has 28 heavy (non-hydrogen) atoms. The van der Waals surface area contributed by atoms with Crippen LogP contribution in [0.2, 0.25) is 0 Å². The first kappa shape index (κ1) is 19.1. The van der Waals surface area contributed by atoms with Crippen molar-refractivity contribution < 1.29 is 9.59 Å². The van der Waals surface area contributed by atoms with Gasteiger partial charge < -0.3 is 9.80 Å². The Morgan fingerprint density at radius 2 is 1.71 bits per heavy atom. The van der Waals surface area contributed by atoms with Gasteiger partial charge in [-0.25, -0.2) is 0 Å². The number of benzene rings is 1. The summed E-state index contributed by atoms with van der Waals surface area (Å²) in [5.41, 5.74) is 2.95. The minimum absolute atomic E-state index is 0.00699. The van der Waals surface area contributed by atoms with Gasteiger partial charge in [-0.3, -0.25) is 14.3 Å². The lowest BCUT2D eigenvalue weighted by atomic mass is 10.1. The van der Waals surface area contributed by atoms with E-state index in [4.69, 9.17) is 0 Å². The van der Waals surface area contributed by atoms with Gasteiger partial charge in [0.1, 0.15) is 0 Å². The summed E-state index contributed by atoms with van der Waals surface area (Å²) in [6.45, 7) is 3.27. The molecule has 0 atom stereocenters. The molecule has 0 spiro atoms. The highest BCUT2D eigenvalue weighted by atomic mass is 32.2. The predicted octanol–water partition coefficient (Wildman–Crippen LogP) is 2.44. The zero-order chi connectivity index (χ0) is 19.3. The van der Waals surface area contributed by atoms with Gasteiger partial charge >= 0.3 is 0 Å². The Balaban J connectivity index is 1.24. The molecule has 148 valence electrons. The smallest absolute Gasteiger partial charge is 0.274 e. The fourth-order valence-corrected chi connectivity index (χ4v) is 4.65. The molecule has 3 heterocycles. The third kappa shape index (κ3) is 4.41. The van der Waals surface area contributed by atoms with E-state index in [1.807, 2.05) is 38.7 Å². The summed E-state index contributed by atoms with van der Waals surface area (Å²) in [7, 11) is 0. The van der Waals surface area contributed by atoms with Crippen molar-refractivity contribution in [1.82, 2.24) is 19.6 Å². The zero-order valence-corrected chi connectivity index (χ0v) is 16.9. The number of aromatic nitrogens is 2. The van der Waals surface area contributed by atoms with E-state index in [0.717, 1.165) is 25.1 Å². The molecule has 0 unspecified atom stereocenters. The van der Waals surface area contributed by atoms with Crippen LogP contribution in [-0.4, -0.2) is 63.3 Å². The monoisotopic (exact) mass is 398 g/mol. The number of thioether (sulfide) groups is 1. The van der Waals surface area contributed by atoms with Crippen LogP contribution >= 0.6 is 11.8 Å². The molecule has 2 amide bonds. The second-order valence-electron chi connectivity index (χ2n) is 7.35. The highest BCUT2D eigenvalue weighted by Crippen LogP contribution is 2.18. The van der Waals surface area contributed by atoms with Crippen LogP contribution in [0.15, 0.2) is 36.4 Å². The Hall–Kier alpha value is -2.28. The summed E-state index contributed by atoms with van der Waals surface area (Å²) in [6.07, 6.45) is 3.30. The Morgan fingerprint density at radius 1 is 0.964 bits per heavy atom. The Kier molecular flexibility index (Phi) is 6.00. The van der Waals surface area contributed by atoms with Crippen LogP contribution in [-0.2, 0) is 23.5 Å². The van der Waals surface area contributed by atoms with Crippen molar-refractivity contribution in [1.29, 1.82) is 0 Å². The van der Waals surface area contributed by atoms with Gasteiger partial charge in [0.25, 0.3) is 5.91 Å². The number of hydrogen-bond acceptors (Lipinski definition) is 4. The van der Waals surface area contributed by atoms with Crippen molar-refractivity contribution in [3.63, 3.8) is 0 Å². The molecule has 4 rings (SSSR count). The number of carbonyl (C=O) groups is 2. The van der Waals surface area contributed by atoms with Gasteiger partial charge in [-0.2, -0.15) is 5.10 Å². The minimum Gasteiger partial charge on any atom is -0.338 e. The van der Waals surface area contributed by atoms with E-state index >= 15 is 0 Å². The fraction of sp³-hybridized carbons (Fsp3) is 0.476. The van der Waals surface area contributed by atoms with E-state index in [1.165, 1.54) is 17.7 Å². The summed E-state index contributed by atoms with van der Waals surface area (Å²) in [4.78, 5) is 28.9. The van der Waals surface area contributed by atoms with Crippen LogP contribution in [0, 0.1) is 0 Å². The molecule has 7 heteroatoms. The lowest BCUT2D eigenvalue weighted by Gasteiger charge is -2.34. The average molecular weight is 399 g/mol. The lowest BCUT2D eigenvalue weighted by molar-refractivity contribution is -0.129. The topological polar surface area (TPSA) is 58.4 Å². The Bertz CT molecular complexity index is 805. The number of piperazine rings is 1. The van der Waals surface area contributed by atoms with Crippen LogP contribution in [0.1, 0.15) is 34.6 Å². The normalized spacial score (nSPS) is 16.7. The molecule has 1 saturated heterocycles. The van der Waals surface area contributed by atoms with Gasteiger partial charge in [0, 0.05) is 44.2 Å². The van der Waals surface area contributed by atoms with Crippen LogP contribution in [0.5, 0.6) is 0 Å². The van der Waals surface area contributed by atoms with Crippen LogP contribution < -0.4 is 0 Å². The number of nitrogens with zero attached hydrogens (tertiary/aromatic N) is 4. The maximum atomic E-state index is 12.8. The van der Waals surface area contributed by atoms with Gasteiger partial charge in [-0.05, 0) is 30.9 Å². The number of aryl methyl sites for hydroxylation is 2. The molecule has 2 aromatic rings. The highest BCUT2D eigenvalue weighted by molar-refractivity contribution is 7.99. The average Bonchev–Trinajstić information content (AvgIpc) is 3.18. The molecule has 0 N–H and O–H groups in total. The standard InChI is InChI=1S/C21H26N4O2S/c26-20(16-28-15-17-6-2-1-3-7-17)23-10-12-24(13-11-23)21(27)19-14-18-8-4-5-9-25(18)22-19/h1-3,6-7,14H,4-5,8-13,15-16H2. The van der Waals surface area contributed by atoms with Crippen molar-refractivity contribution >= 4 is 23.6 Å². The predicted molar refractivity (Wildman–Crippen MR) is 110 cm³/mol. The minimum atomic E-state index is -0.00699. The van der Waals surface area contributed by atoms with Crippen molar-refractivity contribution in [2.24, 2.45) is 0 Å². The first-order valence-electron chi connectivity index (χ1n) is 9.96. The quantitative estimate of drug-likeness (QED) is 0.776. The first-order chi connectivity index (χ1) is 13.7. The van der Waals surface area contributed by atoms with Crippen molar-refractivity contribution in [3.8, 4) is 0 Å². The molecule has 1 fully saturated rings. The van der Waals surface area contributed by atoms with Crippen molar-refractivity contribution in [3.05, 3.63) is 53.3 Å². The number of amides is 2. The van der Waals surface area contributed by atoms with E-state index in [1.54, 1.807) is 11.8 Å². The molecule has 1 aromatic heterocycles. The summed E-state index contributed by atoms with van der Waals surface area (Å²) >= 11 is 1.64. The summed E-state index contributed by atoms with van der Waals surface area (Å²) in [5.74, 6) is 1.48. The third-order valence-corrected chi connectivity index (χ3v) is 6.38. The highest BCUT2D eigenvalue weighted by Gasteiger charge is 2.27. The van der Waals surface area contributed by atoms with Crippen molar-refractivity contribution in [2.75, 3.05) is 31.9 Å². The first-order valence-corrected chi connectivity index (χ1v) is 11.1. The van der Waals surface area contributed by atoms with Gasteiger partial charge in [0.15, 0.2) is 5.69 Å². The SMILES string of the molecule is O=C(CSCc1ccccc1)N1CCN(C(=O)c2cc3n(n2)CCCC3)CC1. The van der Waals surface area contributed by atoms with Gasteiger partial charge in [0.05, 0.1) is 5.75 Å². The molecule has 2 aliphatic heterocycles. The van der Waals surface area contributed by atoms with E-state index in [2.05, 4.69) is 17.2 Å². The van der Waals surface area contributed by atoms with Crippen molar-refractivity contribution in [2.45, 2.75) is 31.6 Å². The second kappa shape index (κ2) is 8.82. The second-order valence-corrected chi connectivity index (χ2v) is 8.34. The number of carbonyl (C=O) groups excluding carboxylic acids is 2. The molecule has 1 aromatic carbocycles. The molecule has 0 radical (unpaired) electrons. The van der Waals surface area contributed by atoms with E-state index < -0.39 is 0 Å². The Morgan fingerprint density at radius 3 is 2.46 bits per heavy atom. The number of rotatable bonds is 5. The maximum Gasteiger partial charge on any atom is 0.274 e. The molecule has 2 aliphatic rings. The molecule has 0 saturated carbocycles. The van der Waals surface area contributed by atoms with Gasteiger partial charge in [-0.15, -0.1) is 11.8 Å².